The van der Waals surface area contributed by atoms with Crippen molar-refractivity contribution in [3.05, 3.63) is 77.0 Å². The molecule has 2 amide bonds. The SMILES string of the molecule is CCN1C(=O)[C@@H](NC(=O)c2cccc(C)c2)C(C(C)C)c2c(C)nn(-c3ccccc3)c21. The number of para-hydroxylation sites is 1. The van der Waals surface area contributed by atoms with E-state index in [1.807, 2.05) is 74.0 Å². The number of nitrogens with zero attached hydrogens (tertiary/aromatic N) is 3. The van der Waals surface area contributed by atoms with Gasteiger partial charge in [-0.05, 0) is 51.0 Å². The zero-order chi connectivity index (χ0) is 23.0. The summed E-state index contributed by atoms with van der Waals surface area (Å²) in [6, 6.07) is 16.6. The summed E-state index contributed by atoms with van der Waals surface area (Å²) < 4.78 is 1.86. The molecule has 2 atom stereocenters. The van der Waals surface area contributed by atoms with Crippen LogP contribution in [0.5, 0.6) is 0 Å². The average Bonchev–Trinajstić information content (AvgIpc) is 3.11. The minimum Gasteiger partial charge on any atom is -0.340 e. The molecular formula is C26H30N4O2. The number of carbonyl (C=O) groups excluding carboxylic acids is 2. The van der Waals surface area contributed by atoms with Crippen molar-refractivity contribution in [1.29, 1.82) is 0 Å². The minimum atomic E-state index is -0.650. The number of carbonyl (C=O) groups is 2. The van der Waals surface area contributed by atoms with Crippen molar-refractivity contribution in [2.24, 2.45) is 5.92 Å². The van der Waals surface area contributed by atoms with E-state index in [1.165, 1.54) is 0 Å². The lowest BCUT2D eigenvalue weighted by Gasteiger charge is -2.40. The van der Waals surface area contributed by atoms with Crippen LogP contribution in [0.1, 0.15) is 53.9 Å². The number of aromatic nitrogens is 2. The van der Waals surface area contributed by atoms with Crippen LogP contribution in [0.25, 0.3) is 5.69 Å². The van der Waals surface area contributed by atoms with Gasteiger partial charge in [-0.3, -0.25) is 14.5 Å². The van der Waals surface area contributed by atoms with Crippen molar-refractivity contribution in [3.63, 3.8) is 0 Å². The van der Waals surface area contributed by atoms with Gasteiger partial charge in [0.15, 0.2) is 0 Å². The predicted octanol–water partition coefficient (Wildman–Crippen LogP) is 4.39. The van der Waals surface area contributed by atoms with E-state index >= 15 is 0 Å². The van der Waals surface area contributed by atoms with E-state index in [-0.39, 0.29) is 23.7 Å². The average molecular weight is 431 g/mol. The highest BCUT2D eigenvalue weighted by Crippen LogP contribution is 2.43. The number of hydrogen-bond acceptors (Lipinski definition) is 3. The third-order valence-corrected chi connectivity index (χ3v) is 6.16. The maximum Gasteiger partial charge on any atom is 0.251 e. The molecule has 1 N–H and O–H groups in total. The molecule has 32 heavy (non-hydrogen) atoms. The fraction of sp³-hybridized carbons (Fsp3) is 0.346. The van der Waals surface area contributed by atoms with E-state index in [0.29, 0.717) is 12.1 Å². The number of fused-ring (bicyclic) bond motifs is 1. The Bertz CT molecular complexity index is 1150. The van der Waals surface area contributed by atoms with E-state index < -0.39 is 6.04 Å². The molecule has 0 bridgehead atoms. The number of nitrogens with one attached hydrogen (secondary N) is 1. The van der Waals surface area contributed by atoms with E-state index in [1.54, 1.807) is 11.0 Å². The first-order valence-corrected chi connectivity index (χ1v) is 11.2. The third kappa shape index (κ3) is 3.70. The van der Waals surface area contributed by atoms with E-state index in [4.69, 9.17) is 5.10 Å². The van der Waals surface area contributed by atoms with Crippen molar-refractivity contribution >= 4 is 17.6 Å². The van der Waals surface area contributed by atoms with Gasteiger partial charge in [0, 0.05) is 23.6 Å². The second-order valence-electron chi connectivity index (χ2n) is 8.74. The second kappa shape index (κ2) is 8.61. The summed E-state index contributed by atoms with van der Waals surface area (Å²) in [7, 11) is 0. The fourth-order valence-electron chi connectivity index (χ4n) is 4.71. The highest BCUT2D eigenvalue weighted by molar-refractivity contribution is 6.05. The van der Waals surface area contributed by atoms with Gasteiger partial charge in [-0.15, -0.1) is 0 Å². The maximum absolute atomic E-state index is 13.7. The highest BCUT2D eigenvalue weighted by Gasteiger charge is 2.45. The van der Waals surface area contributed by atoms with Gasteiger partial charge in [0.2, 0.25) is 0 Å². The van der Waals surface area contributed by atoms with Crippen LogP contribution >= 0.6 is 0 Å². The van der Waals surface area contributed by atoms with Gasteiger partial charge < -0.3 is 5.32 Å². The second-order valence-corrected chi connectivity index (χ2v) is 8.74. The molecule has 0 spiro atoms. The Hall–Kier alpha value is -3.41. The maximum atomic E-state index is 13.7. The quantitative estimate of drug-likeness (QED) is 0.653. The molecule has 2 heterocycles. The Morgan fingerprint density at radius 1 is 1.09 bits per heavy atom. The lowest BCUT2D eigenvalue weighted by Crippen LogP contribution is -2.56. The van der Waals surface area contributed by atoms with Crippen LogP contribution in [0.15, 0.2) is 54.6 Å². The molecule has 0 saturated heterocycles. The first-order chi connectivity index (χ1) is 15.3. The fourth-order valence-corrected chi connectivity index (χ4v) is 4.71. The molecule has 166 valence electrons. The van der Waals surface area contributed by atoms with Gasteiger partial charge in [0.05, 0.1) is 11.4 Å². The Balaban J connectivity index is 1.81. The zero-order valence-corrected chi connectivity index (χ0v) is 19.3. The largest absolute Gasteiger partial charge is 0.340 e. The van der Waals surface area contributed by atoms with Crippen LogP contribution in [0.4, 0.5) is 5.82 Å². The van der Waals surface area contributed by atoms with Gasteiger partial charge in [-0.2, -0.15) is 5.10 Å². The van der Waals surface area contributed by atoms with Crippen LogP contribution < -0.4 is 10.2 Å². The molecular weight excluding hydrogens is 400 g/mol. The Labute approximate surface area is 189 Å². The molecule has 2 aromatic carbocycles. The molecule has 0 saturated carbocycles. The summed E-state index contributed by atoms with van der Waals surface area (Å²) in [4.78, 5) is 28.6. The van der Waals surface area contributed by atoms with Crippen LogP contribution in [-0.4, -0.2) is 34.2 Å². The predicted molar refractivity (Wildman–Crippen MR) is 126 cm³/mol. The monoisotopic (exact) mass is 430 g/mol. The number of amides is 2. The molecule has 1 unspecified atom stereocenters. The molecule has 3 aromatic rings. The third-order valence-electron chi connectivity index (χ3n) is 6.16. The standard InChI is InChI=1S/C26H30N4O2/c1-6-29-25-22(18(5)28-30(25)20-13-8-7-9-14-20)21(16(2)3)23(26(29)32)27-24(31)19-12-10-11-17(4)15-19/h7-16,21,23H,6H2,1-5H3,(H,27,31)/t21?,23-/m0/s1. The summed E-state index contributed by atoms with van der Waals surface area (Å²) in [5, 5.41) is 7.88. The number of hydrogen-bond donors (Lipinski definition) is 1. The molecule has 0 radical (unpaired) electrons. The molecule has 4 rings (SSSR count). The van der Waals surface area contributed by atoms with Gasteiger partial charge in [0.1, 0.15) is 11.9 Å². The van der Waals surface area contributed by atoms with Crippen molar-refractivity contribution < 1.29 is 9.59 Å². The van der Waals surface area contributed by atoms with Gasteiger partial charge >= 0.3 is 0 Å². The van der Waals surface area contributed by atoms with E-state index in [0.717, 1.165) is 28.3 Å². The highest BCUT2D eigenvalue weighted by atomic mass is 16.2. The number of benzene rings is 2. The summed E-state index contributed by atoms with van der Waals surface area (Å²) in [6.45, 7) is 10.6. The van der Waals surface area contributed by atoms with Crippen molar-refractivity contribution in [3.8, 4) is 5.69 Å². The molecule has 1 aliphatic rings. The van der Waals surface area contributed by atoms with E-state index in [2.05, 4.69) is 19.2 Å². The van der Waals surface area contributed by atoms with E-state index in [9.17, 15) is 9.59 Å². The van der Waals surface area contributed by atoms with Crippen LogP contribution in [-0.2, 0) is 4.79 Å². The first kappa shape index (κ1) is 21.8. The summed E-state index contributed by atoms with van der Waals surface area (Å²) in [5.74, 6) is 0.432. The Kier molecular flexibility index (Phi) is 5.87. The summed E-state index contributed by atoms with van der Waals surface area (Å²) >= 11 is 0. The Morgan fingerprint density at radius 2 is 1.81 bits per heavy atom. The topological polar surface area (TPSA) is 67.2 Å². The zero-order valence-electron chi connectivity index (χ0n) is 19.3. The van der Waals surface area contributed by atoms with Crippen molar-refractivity contribution in [2.75, 3.05) is 11.4 Å². The summed E-state index contributed by atoms with van der Waals surface area (Å²) in [6.07, 6.45) is 0. The van der Waals surface area contributed by atoms with Crippen LogP contribution in [0.2, 0.25) is 0 Å². The van der Waals surface area contributed by atoms with Gasteiger partial charge in [-0.1, -0.05) is 49.7 Å². The molecule has 1 aliphatic heterocycles. The minimum absolute atomic E-state index is 0.100. The van der Waals surface area contributed by atoms with Gasteiger partial charge in [-0.25, -0.2) is 4.68 Å². The lowest BCUT2D eigenvalue weighted by molar-refractivity contribution is -0.121. The molecule has 0 aliphatic carbocycles. The Morgan fingerprint density at radius 3 is 2.44 bits per heavy atom. The number of likely N-dealkylation sites (N-methyl/N-ethyl adjacent to an activating group) is 1. The number of anilines is 1. The molecule has 6 nitrogen and oxygen atoms in total. The van der Waals surface area contributed by atoms with Crippen molar-refractivity contribution in [2.45, 2.75) is 46.6 Å². The normalized spacial score (nSPS) is 18.1. The van der Waals surface area contributed by atoms with Crippen LogP contribution in [0, 0.1) is 19.8 Å². The number of aryl methyl sites for hydroxylation is 2. The number of rotatable bonds is 5. The summed E-state index contributed by atoms with van der Waals surface area (Å²) in [5.41, 5.74) is 4.38. The van der Waals surface area contributed by atoms with Crippen molar-refractivity contribution in [1.82, 2.24) is 15.1 Å². The molecule has 0 fully saturated rings. The smallest absolute Gasteiger partial charge is 0.251 e. The van der Waals surface area contributed by atoms with Crippen LogP contribution in [0.3, 0.4) is 0 Å². The van der Waals surface area contributed by atoms with Gasteiger partial charge in [0.25, 0.3) is 11.8 Å². The molecule has 1 aromatic heterocycles. The first-order valence-electron chi connectivity index (χ1n) is 11.2. The lowest BCUT2D eigenvalue weighted by atomic mass is 9.78. The molecule has 6 heteroatoms.